The third-order valence-electron chi connectivity index (χ3n) is 2.80. The number of nitrogens with zero attached hydrogens (tertiary/aromatic N) is 1. The highest BCUT2D eigenvalue weighted by molar-refractivity contribution is 7.90. The molecule has 0 aliphatic rings. The Hall–Kier alpha value is -1.27. The maximum absolute atomic E-state index is 11.4. The molecule has 0 fully saturated rings. The van der Waals surface area contributed by atoms with Gasteiger partial charge in [0.15, 0.2) is 9.84 Å². The summed E-state index contributed by atoms with van der Waals surface area (Å²) in [6.07, 6.45) is 3.34. The van der Waals surface area contributed by atoms with E-state index in [2.05, 4.69) is 24.3 Å². The van der Waals surface area contributed by atoms with Gasteiger partial charge in [0.2, 0.25) is 0 Å². The molecule has 0 heterocycles. The highest BCUT2D eigenvalue weighted by Crippen LogP contribution is 2.22. The van der Waals surface area contributed by atoms with E-state index in [1.165, 1.54) is 12.3 Å². The molecule has 0 saturated carbocycles. The van der Waals surface area contributed by atoms with Crippen molar-refractivity contribution < 1.29 is 8.42 Å². The Kier molecular flexibility index (Phi) is 5.62. The Morgan fingerprint density at radius 3 is 2.47 bits per heavy atom. The molecule has 0 radical (unpaired) electrons. The summed E-state index contributed by atoms with van der Waals surface area (Å²) >= 11 is 0. The first-order valence-corrected chi connectivity index (χ1v) is 8.18. The molecule has 3 N–H and O–H groups in total. The standard InChI is InChI=1S/C13H23N3O2S/c1-16(2)9-5-4-8-15-13-7-6-11(10-12(13)14)19(3,17)18/h6-7,10,15H,4-5,8-9,14H2,1-3H3. The fourth-order valence-electron chi connectivity index (χ4n) is 1.71. The van der Waals surface area contributed by atoms with Gasteiger partial charge in [0, 0.05) is 12.8 Å². The van der Waals surface area contributed by atoms with E-state index < -0.39 is 9.84 Å². The smallest absolute Gasteiger partial charge is 0.175 e. The SMILES string of the molecule is CN(C)CCCCNc1ccc(S(C)(=O)=O)cc1N. The number of sulfone groups is 1. The molecule has 0 bridgehead atoms. The zero-order valence-corrected chi connectivity index (χ0v) is 12.6. The number of nitrogen functional groups attached to an aromatic ring is 1. The second-order valence-corrected chi connectivity index (χ2v) is 6.97. The normalized spacial score (nSPS) is 11.8. The maximum atomic E-state index is 11.4. The van der Waals surface area contributed by atoms with Crippen LogP contribution in [0.2, 0.25) is 0 Å². The van der Waals surface area contributed by atoms with E-state index in [1.807, 2.05) is 0 Å². The summed E-state index contributed by atoms with van der Waals surface area (Å²) in [5.41, 5.74) is 7.10. The predicted octanol–water partition coefficient (Wildman–Crippen LogP) is 1.43. The summed E-state index contributed by atoms with van der Waals surface area (Å²) in [5, 5.41) is 3.23. The molecule has 108 valence electrons. The molecule has 5 nitrogen and oxygen atoms in total. The van der Waals surface area contributed by atoms with Crippen LogP contribution in [0.3, 0.4) is 0 Å². The van der Waals surface area contributed by atoms with Crippen LogP contribution in [0.5, 0.6) is 0 Å². The molecule has 0 spiro atoms. The summed E-state index contributed by atoms with van der Waals surface area (Å²) in [4.78, 5) is 2.40. The van der Waals surface area contributed by atoms with Gasteiger partial charge in [-0.05, 0) is 51.7 Å². The Morgan fingerprint density at radius 1 is 1.26 bits per heavy atom. The van der Waals surface area contributed by atoms with Gasteiger partial charge >= 0.3 is 0 Å². The van der Waals surface area contributed by atoms with Crippen molar-refractivity contribution in [2.24, 2.45) is 0 Å². The van der Waals surface area contributed by atoms with Crippen LogP contribution in [0.1, 0.15) is 12.8 Å². The summed E-state index contributed by atoms with van der Waals surface area (Å²) in [7, 11) is 0.908. The van der Waals surface area contributed by atoms with Crippen molar-refractivity contribution in [1.29, 1.82) is 0 Å². The Labute approximate surface area is 115 Å². The number of hydrogen-bond acceptors (Lipinski definition) is 5. The lowest BCUT2D eigenvalue weighted by atomic mass is 10.2. The highest BCUT2D eigenvalue weighted by Gasteiger charge is 2.09. The largest absolute Gasteiger partial charge is 0.397 e. The van der Waals surface area contributed by atoms with Gasteiger partial charge in [-0.1, -0.05) is 0 Å². The number of anilines is 2. The average molecular weight is 285 g/mol. The first-order valence-electron chi connectivity index (χ1n) is 6.29. The van der Waals surface area contributed by atoms with E-state index in [1.54, 1.807) is 12.1 Å². The summed E-state index contributed by atoms with van der Waals surface area (Å²) < 4.78 is 22.8. The van der Waals surface area contributed by atoms with Gasteiger partial charge < -0.3 is 16.0 Å². The quantitative estimate of drug-likeness (QED) is 0.585. The second-order valence-electron chi connectivity index (χ2n) is 4.96. The van der Waals surface area contributed by atoms with Crippen LogP contribution in [0.4, 0.5) is 11.4 Å². The topological polar surface area (TPSA) is 75.4 Å². The monoisotopic (exact) mass is 285 g/mol. The minimum Gasteiger partial charge on any atom is -0.397 e. The van der Waals surface area contributed by atoms with E-state index in [9.17, 15) is 8.42 Å². The molecule has 19 heavy (non-hydrogen) atoms. The van der Waals surface area contributed by atoms with Crippen LogP contribution < -0.4 is 11.1 Å². The van der Waals surface area contributed by atoms with E-state index in [4.69, 9.17) is 5.73 Å². The van der Waals surface area contributed by atoms with Gasteiger partial charge in [0.1, 0.15) is 0 Å². The van der Waals surface area contributed by atoms with E-state index in [0.717, 1.165) is 31.6 Å². The second kappa shape index (κ2) is 6.77. The third kappa shape index (κ3) is 5.48. The van der Waals surface area contributed by atoms with Crippen LogP contribution in [-0.2, 0) is 9.84 Å². The van der Waals surface area contributed by atoms with Gasteiger partial charge in [-0.15, -0.1) is 0 Å². The van der Waals surface area contributed by atoms with E-state index >= 15 is 0 Å². The zero-order chi connectivity index (χ0) is 14.5. The molecular formula is C13H23N3O2S. The fraction of sp³-hybridized carbons (Fsp3) is 0.538. The lowest BCUT2D eigenvalue weighted by Crippen LogP contribution is -2.14. The molecule has 0 aromatic heterocycles. The fourth-order valence-corrected chi connectivity index (χ4v) is 2.36. The number of benzene rings is 1. The molecule has 6 heteroatoms. The molecule has 0 atom stereocenters. The Bertz CT molecular complexity index is 513. The van der Waals surface area contributed by atoms with E-state index in [0.29, 0.717) is 5.69 Å². The molecule has 0 unspecified atom stereocenters. The van der Waals surface area contributed by atoms with E-state index in [-0.39, 0.29) is 4.90 Å². The molecule has 0 saturated heterocycles. The van der Waals surface area contributed by atoms with Crippen molar-refractivity contribution in [2.45, 2.75) is 17.7 Å². The Morgan fingerprint density at radius 2 is 1.95 bits per heavy atom. The van der Waals surface area contributed by atoms with Gasteiger partial charge in [-0.2, -0.15) is 0 Å². The molecule has 1 aromatic rings. The van der Waals surface area contributed by atoms with Crippen LogP contribution in [0.25, 0.3) is 0 Å². The van der Waals surface area contributed by atoms with Crippen molar-refractivity contribution in [3.63, 3.8) is 0 Å². The maximum Gasteiger partial charge on any atom is 0.175 e. The number of hydrogen-bond donors (Lipinski definition) is 2. The molecule has 0 aliphatic carbocycles. The molecular weight excluding hydrogens is 262 g/mol. The number of nitrogens with one attached hydrogen (secondary N) is 1. The first-order chi connectivity index (χ1) is 8.80. The van der Waals surface area contributed by atoms with Crippen LogP contribution in [-0.4, -0.2) is 46.8 Å². The van der Waals surface area contributed by atoms with Gasteiger partial charge in [0.25, 0.3) is 0 Å². The predicted molar refractivity (Wildman–Crippen MR) is 80.2 cm³/mol. The van der Waals surface area contributed by atoms with Crippen LogP contribution in [0.15, 0.2) is 23.1 Å². The van der Waals surface area contributed by atoms with Gasteiger partial charge in [0.05, 0.1) is 16.3 Å². The first kappa shape index (κ1) is 15.8. The van der Waals surface area contributed by atoms with Crippen molar-refractivity contribution in [2.75, 3.05) is 44.5 Å². The highest BCUT2D eigenvalue weighted by atomic mass is 32.2. The number of rotatable bonds is 7. The van der Waals surface area contributed by atoms with Crippen molar-refractivity contribution in [3.8, 4) is 0 Å². The summed E-state index contributed by atoms with van der Waals surface area (Å²) in [5.74, 6) is 0. The van der Waals surface area contributed by atoms with Gasteiger partial charge in [-0.25, -0.2) is 8.42 Å². The van der Waals surface area contributed by atoms with Crippen molar-refractivity contribution in [3.05, 3.63) is 18.2 Å². The molecule has 0 amide bonds. The lowest BCUT2D eigenvalue weighted by Gasteiger charge is -2.12. The minimum atomic E-state index is -3.19. The summed E-state index contributed by atoms with van der Waals surface area (Å²) in [6.45, 7) is 1.89. The lowest BCUT2D eigenvalue weighted by molar-refractivity contribution is 0.396. The van der Waals surface area contributed by atoms with Crippen LogP contribution >= 0.6 is 0 Å². The number of unbranched alkanes of at least 4 members (excludes halogenated alkanes) is 1. The summed E-state index contributed by atoms with van der Waals surface area (Å²) in [6, 6.07) is 4.79. The molecule has 1 aromatic carbocycles. The minimum absolute atomic E-state index is 0.253. The zero-order valence-electron chi connectivity index (χ0n) is 11.8. The third-order valence-corrected chi connectivity index (χ3v) is 3.91. The molecule has 0 aliphatic heterocycles. The molecule has 1 rings (SSSR count). The van der Waals surface area contributed by atoms with Crippen molar-refractivity contribution >= 4 is 21.2 Å². The van der Waals surface area contributed by atoms with Crippen LogP contribution in [0, 0.1) is 0 Å². The van der Waals surface area contributed by atoms with Gasteiger partial charge in [-0.3, -0.25) is 0 Å². The Balaban J connectivity index is 2.52. The number of nitrogens with two attached hydrogens (primary N) is 1. The average Bonchev–Trinajstić information content (AvgIpc) is 2.28. The van der Waals surface area contributed by atoms with Crippen molar-refractivity contribution in [1.82, 2.24) is 4.90 Å².